The fourth-order valence-corrected chi connectivity index (χ4v) is 1.48. The Hall–Kier alpha value is -2.01. The molecule has 2 rings (SSSR count). The Balaban J connectivity index is 2.45. The van der Waals surface area contributed by atoms with Crippen molar-refractivity contribution in [3.63, 3.8) is 0 Å². The molecule has 0 saturated heterocycles. The average Bonchev–Trinajstić information content (AvgIpc) is 2.59. The van der Waals surface area contributed by atoms with Crippen LogP contribution in [0.1, 0.15) is 5.56 Å². The van der Waals surface area contributed by atoms with Gasteiger partial charge in [0.15, 0.2) is 0 Å². The van der Waals surface area contributed by atoms with Gasteiger partial charge in [0.25, 0.3) is 0 Å². The molecule has 4 N–H and O–H groups in total. The van der Waals surface area contributed by atoms with Crippen molar-refractivity contribution in [2.24, 2.45) is 7.05 Å². The fraction of sp³-hybridized carbons (Fsp3) is 0.182. The molecule has 0 aliphatic rings. The van der Waals surface area contributed by atoms with E-state index in [9.17, 15) is 5.11 Å². The van der Waals surface area contributed by atoms with Crippen molar-refractivity contribution in [2.45, 2.75) is 6.61 Å². The molecule has 0 radical (unpaired) electrons. The summed E-state index contributed by atoms with van der Waals surface area (Å²) in [5.74, 6) is 0.616. The molecule has 0 bridgehead atoms. The Kier molecular flexibility index (Phi) is 2.54. The first-order chi connectivity index (χ1) is 7.61. The van der Waals surface area contributed by atoms with Crippen LogP contribution in [0.5, 0.6) is 5.75 Å². The molecular weight excluding hydrogens is 206 g/mol. The van der Waals surface area contributed by atoms with Crippen LogP contribution < -0.4 is 5.73 Å². The molecule has 0 fully saturated rings. The second kappa shape index (κ2) is 3.86. The number of aryl methyl sites for hydroxylation is 1. The van der Waals surface area contributed by atoms with E-state index in [4.69, 9.17) is 10.8 Å². The summed E-state index contributed by atoms with van der Waals surface area (Å²) in [6.07, 6.45) is 0. The van der Waals surface area contributed by atoms with E-state index in [1.54, 1.807) is 36.0 Å². The number of nitrogens with zero attached hydrogens (tertiary/aromatic N) is 2. The summed E-state index contributed by atoms with van der Waals surface area (Å²) >= 11 is 0. The maximum absolute atomic E-state index is 9.60. The first-order valence-electron chi connectivity index (χ1n) is 4.84. The lowest BCUT2D eigenvalue weighted by Crippen LogP contribution is -1.96. The van der Waals surface area contributed by atoms with E-state index in [0.29, 0.717) is 17.1 Å². The quantitative estimate of drug-likeness (QED) is 0.699. The number of aliphatic hydroxyl groups is 1. The highest BCUT2D eigenvalue weighted by Crippen LogP contribution is 2.26. The fourth-order valence-electron chi connectivity index (χ4n) is 1.48. The first-order valence-corrected chi connectivity index (χ1v) is 4.84. The number of nitrogen functional groups attached to an aromatic ring is 1. The van der Waals surface area contributed by atoms with Gasteiger partial charge in [0.1, 0.15) is 11.6 Å². The number of aromatic nitrogens is 2. The minimum absolute atomic E-state index is 0.0595. The van der Waals surface area contributed by atoms with Gasteiger partial charge >= 0.3 is 0 Å². The second-order valence-electron chi connectivity index (χ2n) is 3.58. The van der Waals surface area contributed by atoms with Crippen molar-refractivity contribution in [1.82, 2.24) is 9.78 Å². The number of nitrogens with two attached hydrogens (primary N) is 1. The number of aliphatic hydroxyl groups excluding tert-OH is 1. The van der Waals surface area contributed by atoms with Crippen LogP contribution in [0, 0.1) is 0 Å². The summed E-state index contributed by atoms with van der Waals surface area (Å²) in [4.78, 5) is 0. The van der Waals surface area contributed by atoms with Crippen LogP contribution in [-0.2, 0) is 13.7 Å². The number of hydrogen-bond acceptors (Lipinski definition) is 4. The lowest BCUT2D eigenvalue weighted by molar-refractivity contribution is 0.275. The van der Waals surface area contributed by atoms with Crippen molar-refractivity contribution < 1.29 is 10.2 Å². The molecule has 1 aromatic carbocycles. The molecule has 0 atom stereocenters. The smallest absolute Gasteiger partial charge is 0.121 e. The molecule has 0 spiro atoms. The summed E-state index contributed by atoms with van der Waals surface area (Å²) in [7, 11) is 1.75. The molecule has 5 nitrogen and oxygen atoms in total. The van der Waals surface area contributed by atoms with Crippen LogP contribution in [0.15, 0.2) is 24.3 Å². The standard InChI is InChI=1S/C11H13N3O2/c1-14-11(12)5-9(13-14)7-2-3-8(6-15)10(16)4-7/h2-5,15-16H,6,12H2,1H3. The van der Waals surface area contributed by atoms with Gasteiger partial charge in [-0.15, -0.1) is 0 Å². The summed E-state index contributed by atoms with van der Waals surface area (Å²) in [5, 5.41) is 22.7. The van der Waals surface area contributed by atoms with Gasteiger partial charge in [0.05, 0.1) is 12.3 Å². The molecule has 16 heavy (non-hydrogen) atoms. The molecule has 2 aromatic rings. The Morgan fingerprint density at radius 3 is 2.62 bits per heavy atom. The van der Waals surface area contributed by atoms with Gasteiger partial charge in [-0.2, -0.15) is 5.10 Å². The van der Waals surface area contributed by atoms with Gasteiger partial charge in [0.2, 0.25) is 0 Å². The van der Waals surface area contributed by atoms with E-state index in [1.807, 2.05) is 0 Å². The van der Waals surface area contributed by atoms with E-state index in [0.717, 1.165) is 5.56 Å². The van der Waals surface area contributed by atoms with Gasteiger partial charge in [-0.25, -0.2) is 0 Å². The van der Waals surface area contributed by atoms with Crippen LogP contribution in [-0.4, -0.2) is 20.0 Å². The maximum Gasteiger partial charge on any atom is 0.121 e. The Bertz CT molecular complexity index is 500. The second-order valence-corrected chi connectivity index (χ2v) is 3.58. The third-order valence-electron chi connectivity index (χ3n) is 2.47. The van der Waals surface area contributed by atoms with Crippen molar-refractivity contribution in [2.75, 3.05) is 5.73 Å². The van der Waals surface area contributed by atoms with E-state index in [2.05, 4.69) is 5.10 Å². The summed E-state index contributed by atoms with van der Waals surface area (Å²) in [5.41, 5.74) is 7.62. The predicted octanol–water partition coefficient (Wildman–Crippen LogP) is 0.867. The molecule has 5 heteroatoms. The van der Waals surface area contributed by atoms with Gasteiger partial charge in [0, 0.05) is 24.2 Å². The number of phenols is 1. The van der Waals surface area contributed by atoms with E-state index < -0.39 is 0 Å². The Labute approximate surface area is 92.8 Å². The summed E-state index contributed by atoms with van der Waals surface area (Å²) in [6.45, 7) is -0.184. The normalized spacial score (nSPS) is 10.6. The predicted molar refractivity (Wildman–Crippen MR) is 60.6 cm³/mol. The number of hydrogen-bond donors (Lipinski definition) is 3. The highest BCUT2D eigenvalue weighted by molar-refractivity contribution is 5.64. The molecule has 0 amide bonds. The first kappa shape index (κ1) is 10.5. The minimum atomic E-state index is -0.184. The minimum Gasteiger partial charge on any atom is -0.508 e. The molecular formula is C11H13N3O2. The van der Waals surface area contributed by atoms with Crippen molar-refractivity contribution >= 4 is 5.82 Å². The SMILES string of the molecule is Cn1nc(-c2ccc(CO)c(O)c2)cc1N. The largest absolute Gasteiger partial charge is 0.508 e. The number of anilines is 1. The van der Waals surface area contributed by atoms with Gasteiger partial charge in [-0.1, -0.05) is 12.1 Å². The van der Waals surface area contributed by atoms with Crippen LogP contribution in [0.25, 0.3) is 11.3 Å². The van der Waals surface area contributed by atoms with E-state index >= 15 is 0 Å². The third kappa shape index (κ3) is 1.72. The molecule has 0 unspecified atom stereocenters. The average molecular weight is 219 g/mol. The number of benzene rings is 1. The van der Waals surface area contributed by atoms with Gasteiger partial charge in [-0.3, -0.25) is 4.68 Å². The molecule has 1 aromatic heterocycles. The summed E-state index contributed by atoms with van der Waals surface area (Å²) < 4.78 is 1.56. The van der Waals surface area contributed by atoms with Crippen molar-refractivity contribution in [3.8, 4) is 17.0 Å². The maximum atomic E-state index is 9.60. The van der Waals surface area contributed by atoms with Crippen LogP contribution in [0.4, 0.5) is 5.82 Å². The summed E-state index contributed by atoms with van der Waals surface area (Å²) in [6, 6.07) is 6.74. The molecule has 0 saturated carbocycles. The lowest BCUT2D eigenvalue weighted by atomic mass is 10.1. The van der Waals surface area contributed by atoms with Crippen molar-refractivity contribution in [3.05, 3.63) is 29.8 Å². The highest BCUT2D eigenvalue weighted by atomic mass is 16.3. The van der Waals surface area contributed by atoms with Crippen LogP contribution in [0.2, 0.25) is 0 Å². The molecule has 0 aliphatic carbocycles. The van der Waals surface area contributed by atoms with E-state index in [1.165, 1.54) is 0 Å². The third-order valence-corrected chi connectivity index (χ3v) is 2.47. The molecule has 84 valence electrons. The zero-order valence-corrected chi connectivity index (χ0v) is 8.88. The van der Waals surface area contributed by atoms with E-state index in [-0.39, 0.29) is 12.4 Å². The van der Waals surface area contributed by atoms with Crippen molar-refractivity contribution in [1.29, 1.82) is 0 Å². The Morgan fingerprint density at radius 2 is 2.12 bits per heavy atom. The van der Waals surface area contributed by atoms with Crippen LogP contribution >= 0.6 is 0 Å². The highest BCUT2D eigenvalue weighted by Gasteiger charge is 2.07. The van der Waals surface area contributed by atoms with Crippen LogP contribution in [0.3, 0.4) is 0 Å². The van der Waals surface area contributed by atoms with Gasteiger partial charge in [-0.05, 0) is 6.07 Å². The monoisotopic (exact) mass is 219 g/mol. The molecule has 1 heterocycles. The number of aromatic hydroxyl groups is 1. The van der Waals surface area contributed by atoms with Gasteiger partial charge < -0.3 is 15.9 Å². The number of rotatable bonds is 2. The topological polar surface area (TPSA) is 84.3 Å². The Morgan fingerprint density at radius 1 is 1.38 bits per heavy atom. The zero-order chi connectivity index (χ0) is 11.7. The lowest BCUT2D eigenvalue weighted by Gasteiger charge is -2.02. The zero-order valence-electron chi connectivity index (χ0n) is 8.88. The molecule has 0 aliphatic heterocycles.